The van der Waals surface area contributed by atoms with Gasteiger partial charge in [0.05, 0.1) is 33.9 Å². The van der Waals surface area contributed by atoms with Crippen molar-refractivity contribution in [3.8, 4) is 0 Å². The number of pyridine rings is 2. The molecule has 0 fully saturated rings. The van der Waals surface area contributed by atoms with E-state index in [1.807, 2.05) is 118 Å². The molecule has 0 saturated heterocycles. The number of fused-ring (bicyclic) bond motifs is 4. The second kappa shape index (κ2) is 20.2. The molecule has 2 aliphatic heterocycles. The minimum absolute atomic E-state index is 0.0157. The SMILES string of the molecule is CC.CC.CC.CC.CCN1C(=O)c2cccnc2Nc2ccccc21.CCN1C(=O)c2cccnc2Nc2ccccc21. The second-order valence-electron chi connectivity index (χ2n) is 8.18. The van der Waals surface area contributed by atoms with Gasteiger partial charge in [0.2, 0.25) is 0 Å². The van der Waals surface area contributed by atoms with Gasteiger partial charge in [-0.15, -0.1) is 0 Å². The maximum absolute atomic E-state index is 12.5. The Balaban J connectivity index is 0.000000359. The van der Waals surface area contributed by atoms with Crippen LogP contribution in [0.4, 0.5) is 34.4 Å². The standard InChI is InChI=1S/2C14H13N3O.4C2H6/c2*1-2-17-12-8-4-3-7-11(12)16-13-10(14(17)18)6-5-9-15-13;4*1-2/h2*3-9H,2H2,1H3,(H,15,16);4*1-2H3. The Morgan fingerprint density at radius 2 is 0.864 bits per heavy atom. The molecule has 2 amide bonds. The van der Waals surface area contributed by atoms with Gasteiger partial charge >= 0.3 is 0 Å². The van der Waals surface area contributed by atoms with Gasteiger partial charge in [0, 0.05) is 25.5 Å². The van der Waals surface area contributed by atoms with Gasteiger partial charge in [-0.25, -0.2) is 9.97 Å². The highest BCUT2D eigenvalue weighted by Gasteiger charge is 2.26. The number of hydrogen-bond acceptors (Lipinski definition) is 6. The Morgan fingerprint density at radius 1 is 0.523 bits per heavy atom. The molecule has 0 aliphatic carbocycles. The number of amides is 2. The summed E-state index contributed by atoms with van der Waals surface area (Å²) in [6, 6.07) is 22.7. The third-order valence-electron chi connectivity index (χ3n) is 6.09. The van der Waals surface area contributed by atoms with Crippen LogP contribution in [0.1, 0.15) is 90.0 Å². The van der Waals surface area contributed by atoms with Crippen LogP contribution in [0.2, 0.25) is 0 Å². The predicted octanol–water partition coefficient (Wildman–Crippen LogP) is 9.72. The first-order chi connectivity index (χ1) is 21.6. The molecule has 0 radical (unpaired) electrons. The molecular weight excluding hydrogens is 548 g/mol. The zero-order chi connectivity index (χ0) is 33.1. The molecule has 6 rings (SSSR count). The number of hydrogen-bond donors (Lipinski definition) is 2. The lowest BCUT2D eigenvalue weighted by molar-refractivity contribution is 0.0981. The molecule has 4 aromatic rings. The normalized spacial score (nSPS) is 11.5. The Bertz CT molecular complexity index is 1330. The molecule has 8 nitrogen and oxygen atoms in total. The van der Waals surface area contributed by atoms with Crippen LogP contribution in [-0.2, 0) is 0 Å². The summed E-state index contributed by atoms with van der Waals surface area (Å²) in [7, 11) is 0. The first-order valence-electron chi connectivity index (χ1n) is 15.9. The summed E-state index contributed by atoms with van der Waals surface area (Å²) in [5, 5.41) is 6.45. The Kier molecular flexibility index (Phi) is 17.2. The van der Waals surface area contributed by atoms with E-state index in [1.165, 1.54) is 0 Å². The number of aromatic nitrogens is 2. The zero-order valence-electron chi connectivity index (χ0n) is 28.1. The molecule has 4 heterocycles. The summed E-state index contributed by atoms with van der Waals surface area (Å²) >= 11 is 0. The van der Waals surface area contributed by atoms with Gasteiger partial charge in [-0.2, -0.15) is 0 Å². The van der Waals surface area contributed by atoms with Gasteiger partial charge in [-0.05, 0) is 62.4 Å². The summed E-state index contributed by atoms with van der Waals surface area (Å²) in [6.07, 6.45) is 3.37. The molecule has 0 saturated carbocycles. The highest BCUT2D eigenvalue weighted by atomic mass is 16.2. The van der Waals surface area contributed by atoms with Crippen molar-refractivity contribution in [1.82, 2.24) is 9.97 Å². The number of carbonyl (C=O) groups is 2. The summed E-state index contributed by atoms with van der Waals surface area (Å²) in [4.78, 5) is 36.9. The first kappa shape index (κ1) is 37.3. The summed E-state index contributed by atoms with van der Waals surface area (Å²) in [5.74, 6) is 1.20. The topological polar surface area (TPSA) is 90.5 Å². The fourth-order valence-corrected chi connectivity index (χ4v) is 4.38. The van der Waals surface area contributed by atoms with Crippen molar-refractivity contribution in [2.24, 2.45) is 0 Å². The van der Waals surface area contributed by atoms with Crippen LogP contribution in [0, 0.1) is 0 Å². The highest BCUT2D eigenvalue weighted by molar-refractivity contribution is 6.13. The van der Waals surface area contributed by atoms with Crippen molar-refractivity contribution in [2.75, 3.05) is 33.5 Å². The second-order valence-corrected chi connectivity index (χ2v) is 8.18. The molecule has 0 bridgehead atoms. The fourth-order valence-electron chi connectivity index (χ4n) is 4.38. The molecule has 0 spiro atoms. The third kappa shape index (κ3) is 8.66. The lowest BCUT2D eigenvalue weighted by atomic mass is 10.2. The number of anilines is 6. The van der Waals surface area contributed by atoms with Gasteiger partial charge in [-0.3, -0.25) is 9.59 Å². The summed E-state index contributed by atoms with van der Waals surface area (Å²) < 4.78 is 0. The van der Waals surface area contributed by atoms with Gasteiger partial charge in [0.15, 0.2) is 0 Å². The highest BCUT2D eigenvalue weighted by Crippen LogP contribution is 2.35. The molecule has 2 aliphatic rings. The van der Waals surface area contributed by atoms with Crippen LogP contribution in [0.15, 0.2) is 85.2 Å². The number of benzene rings is 2. The van der Waals surface area contributed by atoms with Crippen LogP contribution in [0.25, 0.3) is 0 Å². The first-order valence-corrected chi connectivity index (χ1v) is 15.9. The van der Waals surface area contributed by atoms with Gasteiger partial charge in [0.25, 0.3) is 11.8 Å². The van der Waals surface area contributed by atoms with E-state index in [1.54, 1.807) is 46.5 Å². The molecule has 236 valence electrons. The minimum Gasteiger partial charge on any atom is -0.338 e. The number of nitrogens with one attached hydrogen (secondary N) is 2. The number of carbonyl (C=O) groups excluding carboxylic acids is 2. The van der Waals surface area contributed by atoms with Crippen molar-refractivity contribution in [1.29, 1.82) is 0 Å². The fraction of sp³-hybridized carbons (Fsp3) is 0.333. The van der Waals surface area contributed by atoms with Gasteiger partial charge in [0.1, 0.15) is 11.6 Å². The van der Waals surface area contributed by atoms with E-state index in [2.05, 4.69) is 20.6 Å². The van der Waals surface area contributed by atoms with E-state index >= 15 is 0 Å². The third-order valence-corrected chi connectivity index (χ3v) is 6.09. The minimum atomic E-state index is -0.0157. The Labute approximate surface area is 264 Å². The van der Waals surface area contributed by atoms with E-state index in [9.17, 15) is 9.59 Å². The Hall–Kier alpha value is -4.72. The lowest BCUT2D eigenvalue weighted by Crippen LogP contribution is -2.29. The van der Waals surface area contributed by atoms with Crippen LogP contribution in [0.3, 0.4) is 0 Å². The van der Waals surface area contributed by atoms with Crippen molar-refractivity contribution >= 4 is 46.2 Å². The van der Waals surface area contributed by atoms with Crippen molar-refractivity contribution in [2.45, 2.75) is 69.2 Å². The summed E-state index contributed by atoms with van der Waals surface area (Å²) in [5.41, 5.74) is 4.81. The van der Waals surface area contributed by atoms with Crippen LogP contribution in [0.5, 0.6) is 0 Å². The number of para-hydroxylation sites is 4. The van der Waals surface area contributed by atoms with Crippen LogP contribution < -0.4 is 20.4 Å². The van der Waals surface area contributed by atoms with Crippen LogP contribution in [-0.4, -0.2) is 34.9 Å². The Morgan fingerprint density at radius 3 is 1.20 bits per heavy atom. The molecule has 2 aromatic heterocycles. The molecule has 2 N–H and O–H groups in total. The van der Waals surface area contributed by atoms with E-state index < -0.39 is 0 Å². The lowest BCUT2D eigenvalue weighted by Gasteiger charge is -2.20. The van der Waals surface area contributed by atoms with E-state index in [4.69, 9.17) is 0 Å². The zero-order valence-corrected chi connectivity index (χ0v) is 28.1. The molecule has 0 unspecified atom stereocenters. The van der Waals surface area contributed by atoms with Crippen LogP contribution >= 0.6 is 0 Å². The van der Waals surface area contributed by atoms with Gasteiger partial charge < -0.3 is 20.4 Å². The maximum atomic E-state index is 12.5. The molecule has 8 heteroatoms. The van der Waals surface area contributed by atoms with Crippen molar-refractivity contribution in [3.63, 3.8) is 0 Å². The van der Waals surface area contributed by atoms with Crippen molar-refractivity contribution in [3.05, 3.63) is 96.3 Å². The smallest absolute Gasteiger partial charge is 0.262 e. The quantitative estimate of drug-likeness (QED) is 0.239. The largest absolute Gasteiger partial charge is 0.338 e. The van der Waals surface area contributed by atoms with Crippen molar-refractivity contribution < 1.29 is 9.59 Å². The van der Waals surface area contributed by atoms with E-state index in [0.717, 1.165) is 22.7 Å². The molecule has 2 aromatic carbocycles. The molecular formula is C36H50N6O2. The monoisotopic (exact) mass is 598 g/mol. The van der Waals surface area contributed by atoms with E-state index in [0.29, 0.717) is 35.9 Å². The summed E-state index contributed by atoms with van der Waals surface area (Å²) in [6.45, 7) is 21.2. The number of rotatable bonds is 2. The average molecular weight is 599 g/mol. The predicted molar refractivity (Wildman–Crippen MR) is 188 cm³/mol. The molecule has 0 atom stereocenters. The number of nitrogens with zero attached hydrogens (tertiary/aromatic N) is 4. The molecule has 44 heavy (non-hydrogen) atoms. The van der Waals surface area contributed by atoms with E-state index in [-0.39, 0.29) is 11.8 Å². The average Bonchev–Trinajstić information content (AvgIpc) is 3.31. The van der Waals surface area contributed by atoms with Gasteiger partial charge in [-0.1, -0.05) is 79.7 Å². The maximum Gasteiger partial charge on any atom is 0.262 e.